The fraction of sp³-hybridized carbons (Fsp3) is 0.150. The molecule has 144 valence electrons. The van der Waals surface area contributed by atoms with Gasteiger partial charge in [-0.1, -0.05) is 6.07 Å². The molecule has 1 N–H and O–H groups in total. The predicted molar refractivity (Wildman–Crippen MR) is 97.6 cm³/mol. The maximum Gasteiger partial charge on any atom is 0.331 e. The molecule has 28 heavy (non-hydrogen) atoms. The van der Waals surface area contributed by atoms with Gasteiger partial charge < -0.3 is 19.5 Å². The first-order valence-corrected chi connectivity index (χ1v) is 8.27. The highest BCUT2D eigenvalue weighted by Gasteiger charge is 2.15. The molecule has 0 saturated carbocycles. The molecular weight excluding hydrogens is 369 g/mol. The van der Waals surface area contributed by atoms with E-state index >= 15 is 0 Å². The van der Waals surface area contributed by atoms with E-state index in [4.69, 9.17) is 14.2 Å². The minimum Gasteiger partial charge on any atom is -0.454 e. The summed E-state index contributed by atoms with van der Waals surface area (Å²) in [5, 5.41) is 2.41. The lowest BCUT2D eigenvalue weighted by molar-refractivity contribution is -0.136. The maximum absolute atomic E-state index is 14.0. The van der Waals surface area contributed by atoms with Crippen LogP contribution in [0.25, 0.3) is 6.08 Å². The number of carbonyl (C=O) groups is 3. The first-order chi connectivity index (χ1) is 13.4. The number of hydrogen-bond donors (Lipinski definition) is 1. The highest BCUT2D eigenvalue weighted by Crippen LogP contribution is 2.32. The van der Waals surface area contributed by atoms with E-state index < -0.39 is 24.2 Å². The molecule has 0 spiro atoms. The number of ketones is 1. The van der Waals surface area contributed by atoms with Gasteiger partial charge in [-0.3, -0.25) is 9.59 Å². The van der Waals surface area contributed by atoms with Gasteiger partial charge in [0.1, 0.15) is 5.82 Å². The van der Waals surface area contributed by atoms with Crippen LogP contribution < -0.4 is 14.8 Å². The highest BCUT2D eigenvalue weighted by atomic mass is 19.1. The van der Waals surface area contributed by atoms with Crippen LogP contribution in [0.15, 0.2) is 42.5 Å². The van der Waals surface area contributed by atoms with Gasteiger partial charge in [0.2, 0.25) is 18.5 Å². The quantitative estimate of drug-likeness (QED) is 0.467. The van der Waals surface area contributed by atoms with E-state index in [0.717, 1.165) is 12.1 Å². The molecule has 0 unspecified atom stereocenters. The number of hydrogen-bond acceptors (Lipinski definition) is 6. The van der Waals surface area contributed by atoms with Crippen molar-refractivity contribution >= 4 is 29.4 Å². The first-order valence-electron chi connectivity index (χ1n) is 8.27. The molecule has 0 saturated heterocycles. The topological polar surface area (TPSA) is 90.9 Å². The second kappa shape index (κ2) is 8.34. The van der Waals surface area contributed by atoms with E-state index in [2.05, 4.69) is 5.32 Å². The van der Waals surface area contributed by atoms with E-state index in [-0.39, 0.29) is 24.0 Å². The molecule has 0 atom stereocenters. The number of anilines is 1. The van der Waals surface area contributed by atoms with Crippen LogP contribution in [0.5, 0.6) is 11.5 Å². The third-order valence-electron chi connectivity index (χ3n) is 3.74. The van der Waals surface area contributed by atoms with E-state index in [9.17, 15) is 18.8 Å². The fourth-order valence-corrected chi connectivity index (χ4v) is 2.47. The molecule has 8 heteroatoms. The molecule has 1 aliphatic rings. The summed E-state index contributed by atoms with van der Waals surface area (Å²) in [5.74, 6) is -1.43. The van der Waals surface area contributed by atoms with Crippen molar-refractivity contribution in [3.8, 4) is 11.5 Å². The Morgan fingerprint density at radius 2 is 1.93 bits per heavy atom. The van der Waals surface area contributed by atoms with Gasteiger partial charge in [0.15, 0.2) is 18.1 Å². The molecule has 1 aliphatic heterocycles. The Labute approximate surface area is 159 Å². The lowest BCUT2D eigenvalue weighted by atomic mass is 10.1. The molecule has 2 aromatic rings. The molecule has 0 fully saturated rings. The van der Waals surface area contributed by atoms with Gasteiger partial charge in [0.25, 0.3) is 0 Å². The van der Waals surface area contributed by atoms with Gasteiger partial charge >= 0.3 is 5.97 Å². The zero-order chi connectivity index (χ0) is 20.1. The van der Waals surface area contributed by atoms with Crippen LogP contribution in [0.4, 0.5) is 10.1 Å². The Balaban J connectivity index is 1.55. The number of carbonyl (C=O) groups excluding carboxylic acids is 3. The molecular formula is C20H16FNO6. The highest BCUT2D eigenvalue weighted by molar-refractivity contribution is 5.99. The Bertz CT molecular complexity index is 969. The number of Topliss-reactive ketones (excluding diaryl/α,β-unsaturated/α-hetero) is 1. The van der Waals surface area contributed by atoms with E-state index in [0.29, 0.717) is 17.1 Å². The minimum absolute atomic E-state index is 0.148. The summed E-state index contributed by atoms with van der Waals surface area (Å²) >= 11 is 0. The fourth-order valence-electron chi connectivity index (χ4n) is 2.47. The van der Waals surface area contributed by atoms with Gasteiger partial charge in [-0.15, -0.1) is 0 Å². The molecule has 0 aromatic heterocycles. The van der Waals surface area contributed by atoms with Crippen molar-refractivity contribution in [3.05, 3.63) is 59.4 Å². The van der Waals surface area contributed by atoms with Crippen LogP contribution in [0, 0.1) is 5.82 Å². The van der Waals surface area contributed by atoms with Gasteiger partial charge in [-0.2, -0.15) is 0 Å². The van der Waals surface area contributed by atoms with Crippen molar-refractivity contribution in [1.82, 2.24) is 0 Å². The molecule has 0 radical (unpaired) electrons. The van der Waals surface area contributed by atoms with Gasteiger partial charge in [0.05, 0.1) is 5.56 Å². The molecule has 1 heterocycles. The van der Waals surface area contributed by atoms with E-state index in [1.165, 1.54) is 25.1 Å². The molecule has 0 aliphatic carbocycles. The summed E-state index contributed by atoms with van der Waals surface area (Å²) in [6, 6.07) is 8.77. The largest absolute Gasteiger partial charge is 0.454 e. The van der Waals surface area contributed by atoms with Crippen LogP contribution in [0.2, 0.25) is 0 Å². The summed E-state index contributed by atoms with van der Waals surface area (Å²) in [5.41, 5.74) is 0.680. The van der Waals surface area contributed by atoms with Crippen molar-refractivity contribution in [3.63, 3.8) is 0 Å². The normalized spacial score (nSPS) is 12.1. The van der Waals surface area contributed by atoms with Crippen LogP contribution in [-0.4, -0.2) is 31.1 Å². The van der Waals surface area contributed by atoms with E-state index in [1.807, 2.05) is 0 Å². The lowest BCUT2D eigenvalue weighted by Gasteiger charge is -2.06. The Morgan fingerprint density at radius 1 is 1.14 bits per heavy atom. The summed E-state index contributed by atoms with van der Waals surface area (Å²) in [6.07, 6.45) is 2.65. The number of amides is 1. The molecule has 3 rings (SSSR count). The number of rotatable bonds is 6. The van der Waals surface area contributed by atoms with Gasteiger partial charge in [0, 0.05) is 18.7 Å². The Morgan fingerprint density at radius 3 is 2.68 bits per heavy atom. The summed E-state index contributed by atoms with van der Waals surface area (Å²) < 4.78 is 29.3. The van der Waals surface area contributed by atoms with Crippen molar-refractivity contribution in [2.45, 2.75) is 6.92 Å². The maximum atomic E-state index is 14.0. The second-order valence-electron chi connectivity index (χ2n) is 5.85. The molecule has 0 bridgehead atoms. The zero-order valence-electron chi connectivity index (χ0n) is 14.9. The third kappa shape index (κ3) is 4.73. The number of benzene rings is 2. The number of ether oxygens (including phenoxy) is 3. The van der Waals surface area contributed by atoms with Gasteiger partial charge in [-0.05, 0) is 42.0 Å². The van der Waals surface area contributed by atoms with E-state index in [1.54, 1.807) is 18.2 Å². The molecule has 7 nitrogen and oxygen atoms in total. The zero-order valence-corrected chi connectivity index (χ0v) is 14.9. The van der Waals surface area contributed by atoms with Gasteiger partial charge in [-0.25, -0.2) is 9.18 Å². The standard InChI is InChI=1S/C20H16FNO6/c1-12(23)22-14-4-5-15(16(21)9-14)17(24)10-26-20(25)7-3-13-2-6-18-19(8-13)28-11-27-18/h2-9H,10-11H2,1H3,(H,22,23)/b7-3+. The second-order valence-corrected chi connectivity index (χ2v) is 5.85. The average Bonchev–Trinajstić information content (AvgIpc) is 3.12. The van der Waals surface area contributed by atoms with Crippen LogP contribution >= 0.6 is 0 Å². The smallest absolute Gasteiger partial charge is 0.331 e. The van der Waals surface area contributed by atoms with Crippen LogP contribution in [0.3, 0.4) is 0 Å². The number of esters is 1. The molecule has 1 amide bonds. The lowest BCUT2D eigenvalue weighted by Crippen LogP contribution is -2.14. The Hall–Kier alpha value is -3.68. The van der Waals surface area contributed by atoms with Crippen LogP contribution in [0.1, 0.15) is 22.8 Å². The SMILES string of the molecule is CC(=O)Nc1ccc(C(=O)COC(=O)/C=C/c2ccc3c(c2)OCO3)c(F)c1. The summed E-state index contributed by atoms with van der Waals surface area (Å²) in [6.45, 7) is 0.823. The van der Waals surface area contributed by atoms with Crippen molar-refractivity contribution in [2.75, 3.05) is 18.7 Å². The Kier molecular flexibility index (Phi) is 5.69. The third-order valence-corrected chi connectivity index (χ3v) is 3.74. The van der Waals surface area contributed by atoms with Crippen molar-refractivity contribution < 1.29 is 33.0 Å². The number of nitrogens with one attached hydrogen (secondary N) is 1. The average molecular weight is 385 g/mol. The van der Waals surface area contributed by atoms with Crippen molar-refractivity contribution in [2.24, 2.45) is 0 Å². The summed E-state index contributed by atoms with van der Waals surface area (Å²) in [4.78, 5) is 34.8. The number of fused-ring (bicyclic) bond motifs is 1. The predicted octanol–water partition coefficient (Wildman–Crippen LogP) is 2.95. The van der Waals surface area contributed by atoms with Crippen LogP contribution in [-0.2, 0) is 14.3 Å². The molecule has 2 aromatic carbocycles. The van der Waals surface area contributed by atoms with Crippen molar-refractivity contribution in [1.29, 1.82) is 0 Å². The summed E-state index contributed by atoms with van der Waals surface area (Å²) in [7, 11) is 0. The monoisotopic (exact) mass is 385 g/mol. The minimum atomic E-state index is -0.816. The number of halogens is 1. The first kappa shape index (κ1) is 19.1.